The molecule has 2 fully saturated rings. The van der Waals surface area contributed by atoms with Crippen LogP contribution in [0, 0.1) is 11.8 Å². The predicted octanol–water partition coefficient (Wildman–Crippen LogP) is 3.16. The Balaban J connectivity index is 1.65. The fourth-order valence-corrected chi connectivity index (χ4v) is 5.54. The molecule has 3 aliphatic carbocycles. The molecule has 0 aliphatic heterocycles. The second-order valence-electron chi connectivity index (χ2n) is 6.07. The Morgan fingerprint density at radius 2 is 2.17 bits per heavy atom. The fraction of sp³-hybridized carbons (Fsp3) is 0.714. The lowest BCUT2D eigenvalue weighted by atomic mass is 9.89. The zero-order valence-corrected chi connectivity index (χ0v) is 11.1. The van der Waals surface area contributed by atoms with Crippen molar-refractivity contribution in [2.24, 2.45) is 11.8 Å². The molecule has 1 aromatic rings. The number of carboxylic acids is 1. The molecule has 0 radical (unpaired) electrons. The van der Waals surface area contributed by atoms with E-state index in [0.29, 0.717) is 5.92 Å². The lowest BCUT2D eigenvalue weighted by molar-refractivity contribution is -0.138. The zero-order chi connectivity index (χ0) is 12.3. The standard InChI is InChI=1S/C14H17NO2S/c16-14(17)9-3-4-11-12(9)15-13(18-11)10-6-7-1-2-8(10)5-7/h7-10H,1-6H2,(H,16,17). The molecule has 0 saturated heterocycles. The van der Waals surface area contributed by atoms with Gasteiger partial charge in [-0.2, -0.15) is 0 Å². The van der Waals surface area contributed by atoms with Crippen molar-refractivity contribution in [2.45, 2.75) is 50.4 Å². The number of thiazole rings is 1. The first kappa shape index (κ1) is 11.0. The van der Waals surface area contributed by atoms with Crippen LogP contribution in [0.25, 0.3) is 0 Å². The molecule has 4 atom stereocenters. The van der Waals surface area contributed by atoms with Crippen LogP contribution in [0.4, 0.5) is 0 Å². The fourth-order valence-electron chi connectivity index (χ4n) is 4.19. The summed E-state index contributed by atoms with van der Waals surface area (Å²) in [6.07, 6.45) is 7.13. The predicted molar refractivity (Wildman–Crippen MR) is 69.0 cm³/mol. The number of rotatable bonds is 2. The molecule has 4 heteroatoms. The smallest absolute Gasteiger partial charge is 0.312 e. The minimum Gasteiger partial charge on any atom is -0.481 e. The Hall–Kier alpha value is -0.900. The quantitative estimate of drug-likeness (QED) is 0.891. The van der Waals surface area contributed by atoms with Crippen molar-refractivity contribution in [1.29, 1.82) is 0 Å². The van der Waals surface area contributed by atoms with Crippen LogP contribution in [-0.4, -0.2) is 16.1 Å². The van der Waals surface area contributed by atoms with E-state index in [1.165, 1.54) is 35.6 Å². The number of carboxylic acid groups (broad SMARTS) is 1. The summed E-state index contributed by atoms with van der Waals surface area (Å²) in [6.45, 7) is 0. The average Bonchev–Trinajstić information content (AvgIpc) is 3.07. The third kappa shape index (κ3) is 1.48. The van der Waals surface area contributed by atoms with Crippen LogP contribution >= 0.6 is 11.3 Å². The van der Waals surface area contributed by atoms with Crippen LogP contribution in [0.1, 0.15) is 59.5 Å². The van der Waals surface area contributed by atoms with E-state index in [1.54, 1.807) is 11.3 Å². The third-order valence-electron chi connectivity index (χ3n) is 5.09. The maximum absolute atomic E-state index is 11.2. The monoisotopic (exact) mass is 263 g/mol. The van der Waals surface area contributed by atoms with Crippen molar-refractivity contribution >= 4 is 17.3 Å². The van der Waals surface area contributed by atoms with Gasteiger partial charge in [0.15, 0.2) is 0 Å². The number of hydrogen-bond donors (Lipinski definition) is 1. The molecule has 96 valence electrons. The van der Waals surface area contributed by atoms with E-state index in [2.05, 4.69) is 0 Å². The van der Waals surface area contributed by atoms with E-state index >= 15 is 0 Å². The summed E-state index contributed by atoms with van der Waals surface area (Å²) in [6, 6.07) is 0. The Morgan fingerprint density at radius 3 is 2.83 bits per heavy atom. The molecule has 2 bridgehead atoms. The van der Waals surface area contributed by atoms with Gasteiger partial charge in [0.05, 0.1) is 10.7 Å². The molecule has 0 spiro atoms. The summed E-state index contributed by atoms with van der Waals surface area (Å²) in [5.74, 6) is 1.38. The lowest BCUT2D eigenvalue weighted by Crippen LogP contribution is -2.11. The van der Waals surface area contributed by atoms with Crippen LogP contribution in [0.2, 0.25) is 0 Å². The maximum atomic E-state index is 11.2. The van der Waals surface area contributed by atoms with Crippen LogP contribution < -0.4 is 0 Å². The summed E-state index contributed by atoms with van der Waals surface area (Å²) in [4.78, 5) is 17.2. The Bertz CT molecular complexity index is 510. The van der Waals surface area contributed by atoms with Crippen molar-refractivity contribution in [3.63, 3.8) is 0 Å². The van der Waals surface area contributed by atoms with Gasteiger partial charge in [0.1, 0.15) is 5.92 Å². The third-order valence-corrected chi connectivity index (χ3v) is 6.35. The first-order valence-electron chi connectivity index (χ1n) is 6.94. The molecule has 1 N–H and O–H groups in total. The van der Waals surface area contributed by atoms with Gasteiger partial charge in [0.25, 0.3) is 0 Å². The number of carbonyl (C=O) groups is 1. The zero-order valence-electron chi connectivity index (χ0n) is 10.3. The van der Waals surface area contributed by atoms with E-state index < -0.39 is 5.97 Å². The summed E-state index contributed by atoms with van der Waals surface area (Å²) in [7, 11) is 0. The number of hydrogen-bond acceptors (Lipinski definition) is 3. The van der Waals surface area contributed by atoms with Crippen molar-refractivity contribution < 1.29 is 9.90 Å². The molecular formula is C14H17NO2S. The van der Waals surface area contributed by atoms with E-state index in [9.17, 15) is 9.90 Å². The second kappa shape index (κ2) is 3.80. The molecule has 1 aromatic heterocycles. The topological polar surface area (TPSA) is 50.2 Å². The van der Waals surface area contributed by atoms with Crippen molar-refractivity contribution in [3.8, 4) is 0 Å². The van der Waals surface area contributed by atoms with Gasteiger partial charge < -0.3 is 5.11 Å². The first-order chi connectivity index (χ1) is 8.72. The van der Waals surface area contributed by atoms with Crippen LogP contribution in [0.5, 0.6) is 0 Å². The van der Waals surface area contributed by atoms with Gasteiger partial charge in [-0.15, -0.1) is 11.3 Å². The molecule has 1 heterocycles. The van der Waals surface area contributed by atoms with Crippen molar-refractivity contribution in [2.75, 3.05) is 0 Å². The normalized spacial score (nSPS) is 37.1. The van der Waals surface area contributed by atoms with Gasteiger partial charge in [-0.25, -0.2) is 4.98 Å². The number of fused-ring (bicyclic) bond motifs is 3. The number of nitrogens with zero attached hydrogens (tertiary/aromatic N) is 1. The van der Waals surface area contributed by atoms with Crippen molar-refractivity contribution in [1.82, 2.24) is 4.98 Å². The molecule has 3 aliphatic rings. The molecule has 0 aromatic carbocycles. The summed E-state index contributed by atoms with van der Waals surface area (Å²) < 4.78 is 0. The average molecular weight is 263 g/mol. The molecule has 3 nitrogen and oxygen atoms in total. The van der Waals surface area contributed by atoms with Gasteiger partial charge >= 0.3 is 5.97 Å². The van der Waals surface area contributed by atoms with E-state index in [0.717, 1.165) is 30.4 Å². The van der Waals surface area contributed by atoms with Crippen LogP contribution in [0.3, 0.4) is 0 Å². The van der Waals surface area contributed by atoms with Crippen LogP contribution in [-0.2, 0) is 11.2 Å². The Kier molecular flexibility index (Phi) is 2.31. The number of aryl methyl sites for hydroxylation is 1. The van der Waals surface area contributed by atoms with Gasteiger partial charge in [-0.05, 0) is 43.9 Å². The van der Waals surface area contributed by atoms with E-state index in [-0.39, 0.29) is 5.92 Å². The molecular weight excluding hydrogens is 246 g/mol. The number of aromatic nitrogens is 1. The molecule has 2 saturated carbocycles. The lowest BCUT2D eigenvalue weighted by Gasteiger charge is -2.19. The first-order valence-corrected chi connectivity index (χ1v) is 7.76. The highest BCUT2D eigenvalue weighted by atomic mass is 32.1. The summed E-state index contributed by atoms with van der Waals surface area (Å²) in [5, 5.41) is 10.5. The molecule has 18 heavy (non-hydrogen) atoms. The maximum Gasteiger partial charge on any atom is 0.312 e. The van der Waals surface area contributed by atoms with Gasteiger partial charge in [-0.3, -0.25) is 4.79 Å². The van der Waals surface area contributed by atoms with Crippen LogP contribution in [0.15, 0.2) is 0 Å². The summed E-state index contributed by atoms with van der Waals surface area (Å²) >= 11 is 1.81. The molecule has 4 unspecified atom stereocenters. The molecule has 0 amide bonds. The highest BCUT2D eigenvalue weighted by Crippen LogP contribution is 2.54. The second-order valence-corrected chi connectivity index (χ2v) is 7.19. The number of aliphatic carboxylic acids is 1. The SMILES string of the molecule is O=C(O)C1CCc2sc(C3CC4CCC3C4)nc21. The summed E-state index contributed by atoms with van der Waals surface area (Å²) in [5.41, 5.74) is 0.894. The van der Waals surface area contributed by atoms with Gasteiger partial charge in [-0.1, -0.05) is 6.42 Å². The highest BCUT2D eigenvalue weighted by Gasteiger charge is 2.43. The van der Waals surface area contributed by atoms with Gasteiger partial charge in [0, 0.05) is 10.8 Å². The minimum atomic E-state index is -0.696. The van der Waals surface area contributed by atoms with Gasteiger partial charge in [0.2, 0.25) is 0 Å². The Labute approximate surface area is 110 Å². The highest BCUT2D eigenvalue weighted by molar-refractivity contribution is 7.11. The largest absolute Gasteiger partial charge is 0.481 e. The Morgan fingerprint density at radius 1 is 1.28 bits per heavy atom. The van der Waals surface area contributed by atoms with Crippen molar-refractivity contribution in [3.05, 3.63) is 15.6 Å². The minimum absolute atomic E-state index is 0.330. The van der Waals surface area contributed by atoms with E-state index in [4.69, 9.17) is 4.98 Å². The molecule has 4 rings (SSSR count). The van der Waals surface area contributed by atoms with E-state index in [1.807, 2.05) is 0 Å².